The van der Waals surface area contributed by atoms with Crippen molar-refractivity contribution in [1.29, 1.82) is 0 Å². The molecule has 0 aromatic heterocycles. The Morgan fingerprint density at radius 2 is 2.29 bits per heavy atom. The summed E-state index contributed by atoms with van der Waals surface area (Å²) in [7, 11) is 0. The van der Waals surface area contributed by atoms with E-state index in [0.717, 1.165) is 0 Å². The van der Waals surface area contributed by atoms with Crippen LogP contribution in [0.1, 0.15) is 23.6 Å². The molecule has 0 aliphatic carbocycles. The molecule has 2 unspecified atom stereocenters. The molecular weight excluding hydrogens is 234 g/mol. The van der Waals surface area contributed by atoms with Crippen LogP contribution in [-0.4, -0.2) is 23.9 Å². The smallest absolute Gasteiger partial charge is 0.307 e. The largest absolute Gasteiger partial charge is 0.481 e. The van der Waals surface area contributed by atoms with E-state index in [2.05, 4.69) is 36.7 Å². The number of hydrogen-bond acceptors (Lipinski definition) is 3. The summed E-state index contributed by atoms with van der Waals surface area (Å²) in [5.74, 6) is -0.946. The van der Waals surface area contributed by atoms with E-state index >= 15 is 0 Å². The number of hydrogen-bond donors (Lipinski definition) is 2. The maximum Gasteiger partial charge on any atom is 0.307 e. The van der Waals surface area contributed by atoms with E-state index < -0.39 is 5.97 Å². The molecule has 2 atom stereocenters. The molecule has 2 N–H and O–H groups in total. The zero-order valence-corrected chi connectivity index (χ0v) is 10.9. The molecule has 1 aromatic rings. The molecule has 92 valence electrons. The summed E-state index contributed by atoms with van der Waals surface area (Å²) in [6.45, 7) is 2.67. The number of nitrogens with one attached hydrogen (secondary N) is 1. The van der Waals surface area contributed by atoms with E-state index in [1.165, 1.54) is 16.0 Å². The highest BCUT2D eigenvalue weighted by atomic mass is 32.2. The molecule has 0 saturated carbocycles. The third-order valence-corrected chi connectivity index (χ3v) is 4.20. The zero-order chi connectivity index (χ0) is 12.4. The fourth-order valence-corrected chi connectivity index (χ4v) is 2.88. The van der Waals surface area contributed by atoms with Gasteiger partial charge in [-0.15, -0.1) is 11.8 Å². The van der Waals surface area contributed by atoms with Gasteiger partial charge in [0.05, 0.1) is 5.92 Å². The molecule has 1 heterocycles. The second kappa shape index (κ2) is 5.10. The van der Waals surface area contributed by atoms with Crippen molar-refractivity contribution < 1.29 is 9.90 Å². The lowest BCUT2D eigenvalue weighted by molar-refractivity contribution is -0.141. The standard InChI is InChI=1S/C13H17NO2S/c1-8-5-9(3-4-12(8)17-2)11-6-10(7-14-11)13(15)16/h3-5,10-11,14H,6-7H2,1-2H3,(H,15,16). The topological polar surface area (TPSA) is 49.3 Å². The highest BCUT2D eigenvalue weighted by molar-refractivity contribution is 7.98. The zero-order valence-electron chi connectivity index (χ0n) is 10.1. The quantitative estimate of drug-likeness (QED) is 0.810. The summed E-state index contributed by atoms with van der Waals surface area (Å²) in [6, 6.07) is 6.56. The van der Waals surface area contributed by atoms with Crippen LogP contribution in [-0.2, 0) is 4.79 Å². The van der Waals surface area contributed by atoms with Gasteiger partial charge in [-0.1, -0.05) is 12.1 Å². The Morgan fingerprint density at radius 3 is 2.82 bits per heavy atom. The van der Waals surface area contributed by atoms with Crippen LogP contribution in [0.5, 0.6) is 0 Å². The summed E-state index contributed by atoms with van der Waals surface area (Å²) in [6.07, 6.45) is 2.75. The van der Waals surface area contributed by atoms with Crippen molar-refractivity contribution in [2.45, 2.75) is 24.3 Å². The normalized spacial score (nSPS) is 23.9. The first kappa shape index (κ1) is 12.5. The molecule has 0 bridgehead atoms. The van der Waals surface area contributed by atoms with Gasteiger partial charge in [0, 0.05) is 17.5 Å². The van der Waals surface area contributed by atoms with Crippen LogP contribution in [0.2, 0.25) is 0 Å². The minimum atomic E-state index is -0.697. The summed E-state index contributed by atoms with van der Waals surface area (Å²) in [4.78, 5) is 12.2. The van der Waals surface area contributed by atoms with Crippen molar-refractivity contribution in [2.24, 2.45) is 5.92 Å². The van der Waals surface area contributed by atoms with Crippen molar-refractivity contribution in [3.05, 3.63) is 29.3 Å². The average molecular weight is 251 g/mol. The number of rotatable bonds is 3. The summed E-state index contributed by atoms with van der Waals surface area (Å²) >= 11 is 1.74. The van der Waals surface area contributed by atoms with Gasteiger partial charge >= 0.3 is 5.97 Å². The van der Waals surface area contributed by atoms with E-state index in [4.69, 9.17) is 5.11 Å². The van der Waals surface area contributed by atoms with Gasteiger partial charge in [-0.25, -0.2) is 0 Å². The van der Waals surface area contributed by atoms with E-state index in [1.807, 2.05) is 0 Å². The molecule has 3 nitrogen and oxygen atoms in total. The molecule has 4 heteroatoms. The van der Waals surface area contributed by atoms with E-state index in [9.17, 15) is 4.79 Å². The van der Waals surface area contributed by atoms with Crippen molar-refractivity contribution in [2.75, 3.05) is 12.8 Å². The van der Waals surface area contributed by atoms with E-state index in [1.54, 1.807) is 11.8 Å². The van der Waals surface area contributed by atoms with Gasteiger partial charge < -0.3 is 10.4 Å². The lowest BCUT2D eigenvalue weighted by Crippen LogP contribution is -2.17. The van der Waals surface area contributed by atoms with Crippen LogP contribution in [0.3, 0.4) is 0 Å². The molecule has 0 spiro atoms. The molecule has 1 saturated heterocycles. The predicted molar refractivity (Wildman–Crippen MR) is 69.4 cm³/mol. The highest BCUT2D eigenvalue weighted by Crippen LogP contribution is 2.30. The molecule has 1 aliphatic heterocycles. The fraction of sp³-hybridized carbons (Fsp3) is 0.462. The first-order chi connectivity index (χ1) is 8.11. The number of aliphatic carboxylic acids is 1. The Labute approximate surface area is 106 Å². The van der Waals surface area contributed by atoms with Crippen molar-refractivity contribution in [3.63, 3.8) is 0 Å². The lowest BCUT2D eigenvalue weighted by Gasteiger charge is -2.13. The Bertz CT molecular complexity index is 433. The molecule has 0 radical (unpaired) electrons. The Hall–Kier alpha value is -1.00. The molecule has 0 amide bonds. The minimum absolute atomic E-state index is 0.186. The third kappa shape index (κ3) is 2.64. The van der Waals surface area contributed by atoms with Crippen molar-refractivity contribution >= 4 is 17.7 Å². The van der Waals surface area contributed by atoms with E-state index in [0.29, 0.717) is 13.0 Å². The van der Waals surface area contributed by atoms with Crippen LogP contribution < -0.4 is 5.32 Å². The molecule has 1 aliphatic rings. The summed E-state index contributed by atoms with van der Waals surface area (Å²) < 4.78 is 0. The van der Waals surface area contributed by atoms with Crippen LogP contribution >= 0.6 is 11.8 Å². The second-order valence-corrected chi connectivity index (χ2v) is 5.31. The molecule has 1 fully saturated rings. The highest BCUT2D eigenvalue weighted by Gasteiger charge is 2.30. The summed E-state index contributed by atoms with van der Waals surface area (Å²) in [5, 5.41) is 12.3. The molecule has 17 heavy (non-hydrogen) atoms. The van der Waals surface area contributed by atoms with Gasteiger partial charge in [-0.05, 0) is 36.8 Å². The maximum absolute atomic E-state index is 10.9. The monoisotopic (exact) mass is 251 g/mol. The first-order valence-corrected chi connectivity index (χ1v) is 6.95. The van der Waals surface area contributed by atoms with Crippen molar-refractivity contribution in [3.8, 4) is 0 Å². The Morgan fingerprint density at radius 1 is 1.53 bits per heavy atom. The van der Waals surface area contributed by atoms with Gasteiger partial charge in [0.15, 0.2) is 0 Å². The predicted octanol–water partition coefficient (Wildman–Crippen LogP) is 2.45. The first-order valence-electron chi connectivity index (χ1n) is 5.72. The number of thioether (sulfide) groups is 1. The summed E-state index contributed by atoms with van der Waals surface area (Å²) in [5.41, 5.74) is 2.46. The number of carbonyl (C=O) groups is 1. The fourth-order valence-electron chi connectivity index (χ4n) is 2.30. The number of benzene rings is 1. The Kier molecular flexibility index (Phi) is 3.74. The van der Waals surface area contributed by atoms with Gasteiger partial charge in [0.25, 0.3) is 0 Å². The van der Waals surface area contributed by atoms with Crippen LogP contribution in [0, 0.1) is 12.8 Å². The maximum atomic E-state index is 10.9. The lowest BCUT2D eigenvalue weighted by atomic mass is 9.99. The van der Waals surface area contributed by atoms with Gasteiger partial charge in [0.2, 0.25) is 0 Å². The number of carboxylic acids is 1. The number of carboxylic acid groups (broad SMARTS) is 1. The van der Waals surface area contributed by atoms with Crippen LogP contribution in [0.4, 0.5) is 0 Å². The molecule has 2 rings (SSSR count). The molecular formula is C13H17NO2S. The van der Waals surface area contributed by atoms with Gasteiger partial charge in [0.1, 0.15) is 0 Å². The SMILES string of the molecule is CSc1ccc(C2CC(C(=O)O)CN2)cc1C. The molecule has 1 aromatic carbocycles. The number of aryl methyl sites for hydroxylation is 1. The van der Waals surface area contributed by atoms with Crippen LogP contribution in [0.15, 0.2) is 23.1 Å². The average Bonchev–Trinajstić information content (AvgIpc) is 2.78. The second-order valence-electron chi connectivity index (χ2n) is 4.46. The minimum Gasteiger partial charge on any atom is -0.481 e. The third-order valence-electron chi connectivity index (χ3n) is 3.30. The van der Waals surface area contributed by atoms with Gasteiger partial charge in [-0.2, -0.15) is 0 Å². The van der Waals surface area contributed by atoms with Crippen molar-refractivity contribution in [1.82, 2.24) is 5.32 Å². The van der Waals surface area contributed by atoms with Gasteiger partial charge in [-0.3, -0.25) is 4.79 Å². The van der Waals surface area contributed by atoms with E-state index in [-0.39, 0.29) is 12.0 Å². The Balaban J connectivity index is 2.14. The van der Waals surface area contributed by atoms with Crippen LogP contribution in [0.25, 0.3) is 0 Å².